The molecule has 2 aromatic heterocycles. The molecule has 0 spiro atoms. The lowest BCUT2D eigenvalue weighted by atomic mass is 10.0. The molecule has 0 bridgehead atoms. The number of ether oxygens (including phenoxy) is 1. The molecule has 5 heteroatoms. The maximum atomic E-state index is 6.16. The highest BCUT2D eigenvalue weighted by molar-refractivity contribution is 5.06. The quantitative estimate of drug-likeness (QED) is 0.865. The second kappa shape index (κ2) is 5.89. The highest BCUT2D eigenvalue weighted by Gasteiger charge is 2.42. The fraction of sp³-hybridized carbons (Fsp3) is 0.588. The summed E-state index contributed by atoms with van der Waals surface area (Å²) in [4.78, 5) is 2.60. The molecule has 2 fully saturated rings. The zero-order chi connectivity index (χ0) is 14.9. The Kier molecular flexibility index (Phi) is 3.76. The number of hydrogen-bond acceptors (Lipinski definition) is 3. The highest BCUT2D eigenvalue weighted by Crippen LogP contribution is 2.36. The van der Waals surface area contributed by atoms with E-state index in [4.69, 9.17) is 4.74 Å². The molecular formula is C17H24N4O. The van der Waals surface area contributed by atoms with E-state index in [1.165, 1.54) is 18.4 Å². The highest BCUT2D eigenvalue weighted by atomic mass is 16.5. The van der Waals surface area contributed by atoms with Gasteiger partial charge in [0.25, 0.3) is 0 Å². The van der Waals surface area contributed by atoms with Gasteiger partial charge in [-0.2, -0.15) is 5.10 Å². The summed E-state index contributed by atoms with van der Waals surface area (Å²) in [6, 6.07) is 4.76. The molecule has 2 aromatic rings. The molecule has 1 saturated heterocycles. The first kappa shape index (κ1) is 14.0. The first-order valence-electron chi connectivity index (χ1n) is 8.23. The predicted molar refractivity (Wildman–Crippen MR) is 84.3 cm³/mol. The van der Waals surface area contributed by atoms with E-state index in [1.807, 2.05) is 17.9 Å². The Balaban J connectivity index is 1.44. The van der Waals surface area contributed by atoms with Gasteiger partial charge >= 0.3 is 0 Å². The first-order chi connectivity index (χ1) is 10.8. The van der Waals surface area contributed by atoms with Crippen LogP contribution in [0.15, 0.2) is 36.9 Å². The maximum absolute atomic E-state index is 6.16. The lowest BCUT2D eigenvalue weighted by Crippen LogP contribution is -2.50. The normalized spacial score (nSPS) is 28.9. The van der Waals surface area contributed by atoms with Crippen LogP contribution in [0.5, 0.6) is 0 Å². The number of fused-ring (bicyclic) bond motifs is 1. The van der Waals surface area contributed by atoms with E-state index in [0.29, 0.717) is 18.1 Å². The van der Waals surface area contributed by atoms with Crippen molar-refractivity contribution in [2.24, 2.45) is 13.0 Å². The van der Waals surface area contributed by atoms with Gasteiger partial charge in [-0.1, -0.05) is 0 Å². The third-order valence-electron chi connectivity index (χ3n) is 5.09. The van der Waals surface area contributed by atoms with Gasteiger partial charge < -0.3 is 9.30 Å². The molecule has 2 aliphatic rings. The monoisotopic (exact) mass is 300 g/mol. The van der Waals surface area contributed by atoms with Crippen molar-refractivity contribution in [1.82, 2.24) is 19.2 Å². The van der Waals surface area contributed by atoms with Gasteiger partial charge in [0.2, 0.25) is 0 Å². The summed E-state index contributed by atoms with van der Waals surface area (Å²) in [5.41, 5.74) is 1.30. The number of nitrogens with zero attached hydrogens (tertiary/aromatic N) is 4. The van der Waals surface area contributed by atoms with Gasteiger partial charge in [0.05, 0.1) is 18.9 Å². The third-order valence-corrected chi connectivity index (χ3v) is 5.09. The molecule has 3 heterocycles. The molecule has 0 amide bonds. The molecule has 5 nitrogen and oxygen atoms in total. The van der Waals surface area contributed by atoms with Gasteiger partial charge in [-0.3, -0.25) is 9.58 Å². The van der Waals surface area contributed by atoms with Crippen LogP contribution < -0.4 is 0 Å². The smallest absolute Gasteiger partial charge is 0.0776 e. The van der Waals surface area contributed by atoms with Crippen molar-refractivity contribution in [2.45, 2.75) is 38.1 Å². The molecule has 1 saturated carbocycles. The molecule has 1 aliphatic carbocycles. The van der Waals surface area contributed by atoms with Crippen molar-refractivity contribution in [3.63, 3.8) is 0 Å². The summed E-state index contributed by atoms with van der Waals surface area (Å²) in [5, 5.41) is 4.29. The van der Waals surface area contributed by atoms with Crippen LogP contribution in [0.1, 0.15) is 18.4 Å². The first-order valence-corrected chi connectivity index (χ1v) is 8.23. The lowest BCUT2D eigenvalue weighted by molar-refractivity contribution is -0.0785. The van der Waals surface area contributed by atoms with Gasteiger partial charge in [-0.05, 0) is 25.0 Å². The average Bonchev–Trinajstić information content (AvgIpc) is 3.23. The Labute approximate surface area is 131 Å². The van der Waals surface area contributed by atoms with Crippen LogP contribution in [-0.2, 0) is 24.9 Å². The van der Waals surface area contributed by atoms with Crippen LogP contribution in [0, 0.1) is 5.92 Å². The molecule has 0 N–H and O–H groups in total. The van der Waals surface area contributed by atoms with E-state index in [0.717, 1.165) is 26.2 Å². The minimum Gasteiger partial charge on any atom is -0.375 e. The largest absolute Gasteiger partial charge is 0.375 e. The third kappa shape index (κ3) is 2.71. The van der Waals surface area contributed by atoms with Crippen molar-refractivity contribution >= 4 is 0 Å². The molecule has 1 unspecified atom stereocenters. The fourth-order valence-electron chi connectivity index (χ4n) is 4.08. The second-order valence-electron chi connectivity index (χ2n) is 6.61. The summed E-state index contributed by atoms with van der Waals surface area (Å²) < 4.78 is 10.3. The summed E-state index contributed by atoms with van der Waals surface area (Å²) >= 11 is 0. The predicted octanol–water partition coefficient (Wildman–Crippen LogP) is 1.90. The number of morpholine rings is 1. The van der Waals surface area contributed by atoms with Crippen molar-refractivity contribution < 1.29 is 4.74 Å². The van der Waals surface area contributed by atoms with Crippen LogP contribution in [0.25, 0.3) is 0 Å². The maximum Gasteiger partial charge on any atom is 0.0776 e. The van der Waals surface area contributed by atoms with Gasteiger partial charge in [0.15, 0.2) is 0 Å². The minimum absolute atomic E-state index is 0.382. The minimum atomic E-state index is 0.382. The number of aryl methyl sites for hydroxylation is 1. The van der Waals surface area contributed by atoms with Crippen LogP contribution in [-0.4, -0.2) is 44.5 Å². The topological polar surface area (TPSA) is 35.2 Å². The fourth-order valence-corrected chi connectivity index (χ4v) is 4.08. The lowest BCUT2D eigenvalue weighted by Gasteiger charge is -2.39. The van der Waals surface area contributed by atoms with Crippen molar-refractivity contribution in [3.05, 3.63) is 42.5 Å². The molecule has 0 radical (unpaired) electrons. The van der Waals surface area contributed by atoms with E-state index in [9.17, 15) is 0 Å². The van der Waals surface area contributed by atoms with Gasteiger partial charge in [-0.25, -0.2) is 0 Å². The SMILES string of the molecule is Cn1cc(CN2CCO[C@H]3C(Cn4cccc4)CC[C@@H]32)cn1. The summed E-state index contributed by atoms with van der Waals surface area (Å²) in [6.07, 6.45) is 11.3. The van der Waals surface area contributed by atoms with Crippen LogP contribution >= 0.6 is 0 Å². The molecular weight excluding hydrogens is 276 g/mol. The second-order valence-corrected chi connectivity index (χ2v) is 6.61. The van der Waals surface area contributed by atoms with Gasteiger partial charge in [0.1, 0.15) is 0 Å². The zero-order valence-corrected chi connectivity index (χ0v) is 13.1. The van der Waals surface area contributed by atoms with Crippen molar-refractivity contribution in [3.8, 4) is 0 Å². The van der Waals surface area contributed by atoms with Crippen LogP contribution in [0.3, 0.4) is 0 Å². The van der Waals surface area contributed by atoms with Crippen LogP contribution in [0.4, 0.5) is 0 Å². The Bertz CT molecular complexity index is 606. The molecule has 22 heavy (non-hydrogen) atoms. The van der Waals surface area contributed by atoms with Crippen molar-refractivity contribution in [1.29, 1.82) is 0 Å². The Morgan fingerprint density at radius 1 is 1.27 bits per heavy atom. The van der Waals surface area contributed by atoms with Gasteiger partial charge in [-0.15, -0.1) is 0 Å². The Morgan fingerprint density at radius 3 is 2.91 bits per heavy atom. The van der Waals surface area contributed by atoms with E-state index >= 15 is 0 Å². The van der Waals surface area contributed by atoms with E-state index < -0.39 is 0 Å². The van der Waals surface area contributed by atoms with Crippen LogP contribution in [0.2, 0.25) is 0 Å². The number of rotatable bonds is 4. The summed E-state index contributed by atoms with van der Waals surface area (Å²) in [5.74, 6) is 0.633. The van der Waals surface area contributed by atoms with Crippen molar-refractivity contribution in [2.75, 3.05) is 13.2 Å². The average molecular weight is 300 g/mol. The molecule has 118 valence electrons. The summed E-state index contributed by atoms with van der Waals surface area (Å²) in [7, 11) is 1.98. The Morgan fingerprint density at radius 2 is 2.14 bits per heavy atom. The number of aromatic nitrogens is 3. The standard InChI is InChI=1S/C17H24N4O/c1-19-11-14(10-18-19)12-21-8-9-22-17-15(4-5-16(17)21)13-20-6-2-3-7-20/h2-3,6-7,10-11,15-17H,4-5,8-9,12-13H2,1H3/t15?,16-,17-/m0/s1. The van der Waals surface area contributed by atoms with Gasteiger partial charge in [0, 0.05) is 62.8 Å². The Hall–Kier alpha value is -1.59. The number of hydrogen-bond donors (Lipinski definition) is 0. The summed E-state index contributed by atoms with van der Waals surface area (Å²) in [6.45, 7) is 3.96. The molecule has 1 aliphatic heterocycles. The zero-order valence-electron chi connectivity index (χ0n) is 13.1. The van der Waals surface area contributed by atoms with E-state index in [1.54, 1.807) is 0 Å². The molecule has 3 atom stereocenters. The van der Waals surface area contributed by atoms with E-state index in [-0.39, 0.29) is 0 Å². The molecule has 0 aromatic carbocycles. The molecule has 4 rings (SSSR count). The van der Waals surface area contributed by atoms with E-state index in [2.05, 4.69) is 45.3 Å².